The average molecular weight is 348 g/mol. The Kier molecular flexibility index (Phi) is 5.79. The van der Waals surface area contributed by atoms with Crippen LogP contribution in [0.15, 0.2) is 23.1 Å². The summed E-state index contributed by atoms with van der Waals surface area (Å²) in [6, 6.07) is 5.28. The number of thioether (sulfide) groups is 1. The van der Waals surface area contributed by atoms with Crippen molar-refractivity contribution < 1.29 is 14.3 Å². The zero-order valence-corrected chi connectivity index (χ0v) is 13.7. The molecule has 7 heteroatoms. The van der Waals surface area contributed by atoms with Crippen molar-refractivity contribution in [2.75, 3.05) is 5.75 Å². The number of hydrogen-bond donors (Lipinski definition) is 1. The number of hydrogen-bond acceptors (Lipinski definition) is 4. The van der Waals surface area contributed by atoms with Crippen LogP contribution in [0.4, 0.5) is 0 Å². The third-order valence-electron chi connectivity index (χ3n) is 2.84. The third-order valence-corrected chi connectivity index (χ3v) is 4.55. The molecule has 1 fully saturated rings. The fraction of sp³-hybridized carbons (Fsp3) is 0.429. The van der Waals surface area contributed by atoms with E-state index in [1.165, 1.54) is 11.8 Å². The Balaban J connectivity index is 1.78. The largest absolute Gasteiger partial charge is 0.452 e. The van der Waals surface area contributed by atoms with Gasteiger partial charge in [-0.2, -0.15) is 0 Å². The molecule has 0 radical (unpaired) electrons. The lowest BCUT2D eigenvalue weighted by molar-refractivity contribution is -0.152. The highest BCUT2D eigenvalue weighted by atomic mass is 35.5. The molecule has 1 aliphatic carbocycles. The van der Waals surface area contributed by atoms with Crippen molar-refractivity contribution in [3.05, 3.63) is 28.2 Å². The van der Waals surface area contributed by atoms with Crippen molar-refractivity contribution in [2.45, 2.75) is 36.8 Å². The standard InChI is InChI=1S/C14H15Cl2NO3S/c1-8(14(19)17-10-3-4-10)20-13(18)7-21-12-6-9(15)2-5-11(12)16/h2,5-6,8,10H,3-4,7H2,1H3,(H,17,19)/t8-/m0/s1. The molecule has 0 unspecified atom stereocenters. The molecule has 1 atom stereocenters. The second-order valence-corrected chi connectivity index (χ2v) is 6.64. The van der Waals surface area contributed by atoms with Gasteiger partial charge in [0.15, 0.2) is 6.10 Å². The van der Waals surface area contributed by atoms with E-state index >= 15 is 0 Å². The summed E-state index contributed by atoms with van der Waals surface area (Å²) in [4.78, 5) is 24.1. The minimum atomic E-state index is -0.784. The summed E-state index contributed by atoms with van der Waals surface area (Å²) in [5.74, 6) is -0.646. The first kappa shape index (κ1) is 16.5. The van der Waals surface area contributed by atoms with Crippen LogP contribution in [0.5, 0.6) is 0 Å². The number of rotatable bonds is 6. The quantitative estimate of drug-likeness (QED) is 0.633. The van der Waals surface area contributed by atoms with Crippen LogP contribution < -0.4 is 5.32 Å². The Morgan fingerprint density at radius 3 is 2.81 bits per heavy atom. The van der Waals surface area contributed by atoms with Gasteiger partial charge in [0, 0.05) is 16.0 Å². The number of carbonyl (C=O) groups excluding carboxylic acids is 2. The molecule has 0 bridgehead atoms. The van der Waals surface area contributed by atoms with Gasteiger partial charge in [0.1, 0.15) is 0 Å². The van der Waals surface area contributed by atoms with E-state index in [2.05, 4.69) is 5.32 Å². The zero-order chi connectivity index (χ0) is 15.4. The summed E-state index contributed by atoms with van der Waals surface area (Å²) in [6.45, 7) is 1.56. The van der Waals surface area contributed by atoms with Gasteiger partial charge in [-0.15, -0.1) is 11.8 Å². The van der Waals surface area contributed by atoms with E-state index in [-0.39, 0.29) is 17.7 Å². The van der Waals surface area contributed by atoms with Gasteiger partial charge < -0.3 is 10.1 Å². The average Bonchev–Trinajstić information content (AvgIpc) is 3.23. The number of esters is 1. The molecule has 21 heavy (non-hydrogen) atoms. The number of carbonyl (C=O) groups is 2. The van der Waals surface area contributed by atoms with Crippen LogP contribution in [0.3, 0.4) is 0 Å². The second kappa shape index (κ2) is 7.38. The smallest absolute Gasteiger partial charge is 0.317 e. The van der Waals surface area contributed by atoms with Crippen molar-refractivity contribution in [2.24, 2.45) is 0 Å². The van der Waals surface area contributed by atoms with Gasteiger partial charge in [-0.05, 0) is 38.0 Å². The molecular weight excluding hydrogens is 333 g/mol. The van der Waals surface area contributed by atoms with Crippen LogP contribution in [-0.4, -0.2) is 29.8 Å². The maximum Gasteiger partial charge on any atom is 0.317 e. The van der Waals surface area contributed by atoms with Gasteiger partial charge in [0.25, 0.3) is 5.91 Å². The lowest BCUT2D eigenvalue weighted by Gasteiger charge is -2.13. The van der Waals surface area contributed by atoms with Crippen molar-refractivity contribution in [1.82, 2.24) is 5.32 Å². The van der Waals surface area contributed by atoms with Gasteiger partial charge in [-0.1, -0.05) is 23.2 Å². The predicted molar refractivity (Wildman–Crippen MR) is 83.9 cm³/mol. The molecular formula is C14H15Cl2NO3S. The Labute approximate surface area is 137 Å². The summed E-state index contributed by atoms with van der Waals surface area (Å²) in [6.07, 6.45) is 1.21. The van der Waals surface area contributed by atoms with Crippen LogP contribution in [0, 0.1) is 0 Å². The van der Waals surface area contributed by atoms with Crippen molar-refractivity contribution in [1.29, 1.82) is 0 Å². The summed E-state index contributed by atoms with van der Waals surface area (Å²) in [7, 11) is 0. The number of halogens is 2. The molecule has 0 spiro atoms. The maximum absolute atomic E-state index is 11.7. The van der Waals surface area contributed by atoms with Crippen LogP contribution in [0.25, 0.3) is 0 Å². The van der Waals surface area contributed by atoms with Gasteiger partial charge in [0.2, 0.25) is 0 Å². The molecule has 1 aromatic rings. The predicted octanol–water partition coefficient (Wildman–Crippen LogP) is 3.30. The van der Waals surface area contributed by atoms with E-state index in [0.717, 1.165) is 12.8 Å². The van der Waals surface area contributed by atoms with E-state index < -0.39 is 12.1 Å². The summed E-state index contributed by atoms with van der Waals surface area (Å²) in [5, 5.41) is 3.86. The first-order valence-corrected chi connectivity index (χ1v) is 8.27. The molecule has 1 aliphatic rings. The monoisotopic (exact) mass is 347 g/mol. The minimum Gasteiger partial charge on any atom is -0.452 e. The highest BCUT2D eigenvalue weighted by molar-refractivity contribution is 8.00. The molecule has 1 saturated carbocycles. The lowest BCUT2D eigenvalue weighted by Crippen LogP contribution is -2.37. The van der Waals surface area contributed by atoms with Crippen LogP contribution in [-0.2, 0) is 14.3 Å². The van der Waals surface area contributed by atoms with Crippen LogP contribution in [0.2, 0.25) is 10.0 Å². The van der Waals surface area contributed by atoms with Crippen LogP contribution in [0.1, 0.15) is 19.8 Å². The Bertz CT molecular complexity index is 549. The van der Waals surface area contributed by atoms with Gasteiger partial charge in [-0.3, -0.25) is 9.59 Å². The second-order valence-electron chi connectivity index (χ2n) is 4.78. The normalized spacial score (nSPS) is 15.4. The topological polar surface area (TPSA) is 55.4 Å². The Hall–Kier alpha value is -0.910. The maximum atomic E-state index is 11.7. The molecule has 1 N–H and O–H groups in total. The molecule has 0 aromatic heterocycles. The van der Waals surface area contributed by atoms with Gasteiger partial charge >= 0.3 is 5.97 Å². The van der Waals surface area contributed by atoms with E-state index in [1.807, 2.05) is 0 Å². The number of ether oxygens (including phenoxy) is 1. The fourth-order valence-electron chi connectivity index (χ4n) is 1.56. The van der Waals surface area contributed by atoms with E-state index in [4.69, 9.17) is 27.9 Å². The lowest BCUT2D eigenvalue weighted by atomic mass is 10.3. The van der Waals surface area contributed by atoms with Crippen molar-refractivity contribution in [3.8, 4) is 0 Å². The SMILES string of the molecule is C[C@H](OC(=O)CSc1cc(Cl)ccc1Cl)C(=O)NC1CC1. The number of benzene rings is 1. The number of nitrogens with one attached hydrogen (secondary N) is 1. The molecule has 0 heterocycles. The molecule has 1 aromatic carbocycles. The Morgan fingerprint density at radius 1 is 1.43 bits per heavy atom. The van der Waals surface area contributed by atoms with E-state index in [9.17, 15) is 9.59 Å². The third kappa shape index (κ3) is 5.41. The first-order valence-electron chi connectivity index (χ1n) is 6.53. The van der Waals surface area contributed by atoms with Crippen LogP contribution >= 0.6 is 35.0 Å². The highest BCUT2D eigenvalue weighted by Gasteiger charge is 2.27. The molecule has 0 saturated heterocycles. The minimum absolute atomic E-state index is 0.0705. The highest BCUT2D eigenvalue weighted by Crippen LogP contribution is 2.29. The molecule has 1 amide bonds. The summed E-state index contributed by atoms with van der Waals surface area (Å²) < 4.78 is 5.08. The first-order chi connectivity index (χ1) is 9.95. The fourth-order valence-corrected chi connectivity index (χ4v) is 2.83. The van der Waals surface area contributed by atoms with Crippen molar-refractivity contribution >= 4 is 46.8 Å². The van der Waals surface area contributed by atoms with E-state index in [0.29, 0.717) is 14.9 Å². The molecule has 114 valence electrons. The molecule has 4 nitrogen and oxygen atoms in total. The summed E-state index contributed by atoms with van der Waals surface area (Å²) >= 11 is 13.1. The number of amides is 1. The van der Waals surface area contributed by atoms with Gasteiger partial charge in [-0.25, -0.2) is 0 Å². The van der Waals surface area contributed by atoms with Gasteiger partial charge in [0.05, 0.1) is 10.8 Å². The van der Waals surface area contributed by atoms with E-state index in [1.54, 1.807) is 25.1 Å². The zero-order valence-electron chi connectivity index (χ0n) is 11.4. The Morgan fingerprint density at radius 2 is 2.14 bits per heavy atom. The molecule has 0 aliphatic heterocycles. The summed E-state index contributed by atoms with van der Waals surface area (Å²) in [5.41, 5.74) is 0. The van der Waals surface area contributed by atoms with Crippen molar-refractivity contribution in [3.63, 3.8) is 0 Å². The molecule has 2 rings (SSSR count).